The van der Waals surface area contributed by atoms with Gasteiger partial charge in [0.15, 0.2) is 0 Å². The van der Waals surface area contributed by atoms with Gasteiger partial charge in [-0.25, -0.2) is 0 Å². The van der Waals surface area contributed by atoms with Gasteiger partial charge in [0, 0.05) is 16.6 Å². The Hall–Kier alpha value is -2.34. The number of halogens is 2. The Balaban J connectivity index is 1.73. The number of carboxylic acid groups (broad SMARTS) is 1. The molecule has 0 aliphatic rings. The van der Waals surface area contributed by atoms with E-state index in [-0.39, 0.29) is 5.92 Å². The summed E-state index contributed by atoms with van der Waals surface area (Å²) in [4.78, 5) is 11.4. The molecule has 6 heteroatoms. The van der Waals surface area contributed by atoms with Crippen LogP contribution in [-0.4, -0.2) is 17.1 Å². The monoisotopic (exact) mass is 515 g/mol. The molecule has 2 N–H and O–H groups in total. The Morgan fingerprint density at radius 1 is 1.09 bits per heavy atom. The van der Waals surface area contributed by atoms with Crippen molar-refractivity contribution in [2.24, 2.45) is 5.92 Å². The number of benzene rings is 3. The molecule has 168 valence electrons. The molecule has 3 rings (SSSR count). The van der Waals surface area contributed by atoms with Crippen LogP contribution in [0.3, 0.4) is 0 Å². The van der Waals surface area contributed by atoms with Gasteiger partial charge in [-0.05, 0) is 63.2 Å². The zero-order valence-corrected chi connectivity index (χ0v) is 20.7. The maximum absolute atomic E-state index is 11.4. The van der Waals surface area contributed by atoms with E-state index in [0.717, 1.165) is 32.3 Å². The quantitative estimate of drug-likeness (QED) is 0.326. The van der Waals surface area contributed by atoms with Gasteiger partial charge in [0.05, 0.1) is 5.02 Å². The highest BCUT2D eigenvalue weighted by molar-refractivity contribution is 9.10. The van der Waals surface area contributed by atoms with E-state index in [4.69, 9.17) is 16.3 Å². The van der Waals surface area contributed by atoms with Crippen LogP contribution in [0.4, 0.5) is 0 Å². The molecule has 0 saturated carbocycles. The molecule has 0 bridgehead atoms. The maximum Gasteiger partial charge on any atom is 0.320 e. The lowest BCUT2D eigenvalue weighted by Gasteiger charge is -2.19. The number of hydrogen-bond acceptors (Lipinski definition) is 3. The van der Waals surface area contributed by atoms with E-state index >= 15 is 0 Å². The highest BCUT2D eigenvalue weighted by Gasteiger charge is 2.21. The van der Waals surface area contributed by atoms with E-state index in [1.165, 1.54) is 0 Å². The number of ether oxygens (including phenoxy) is 1. The fourth-order valence-corrected chi connectivity index (χ4v) is 4.36. The smallest absolute Gasteiger partial charge is 0.320 e. The molecule has 4 nitrogen and oxygen atoms in total. The van der Waals surface area contributed by atoms with Gasteiger partial charge in [-0.1, -0.05) is 74.0 Å². The highest BCUT2D eigenvalue weighted by Crippen LogP contribution is 2.33. The average Bonchev–Trinajstić information content (AvgIpc) is 2.76. The van der Waals surface area contributed by atoms with Crippen molar-refractivity contribution in [2.45, 2.75) is 40.0 Å². The number of nitrogens with one attached hydrogen (secondary N) is 1. The SMILES string of the molecule is Cc1cc(OCc2cccc(-c3ccccc3)c2Br)c(Cl)cc1CNC(C(=O)O)C(C)C. The Kier molecular flexibility index (Phi) is 8.35. The van der Waals surface area contributed by atoms with E-state index < -0.39 is 12.0 Å². The van der Waals surface area contributed by atoms with Gasteiger partial charge in [-0.15, -0.1) is 0 Å². The van der Waals surface area contributed by atoms with Crippen molar-refractivity contribution in [3.8, 4) is 16.9 Å². The number of hydrogen-bond donors (Lipinski definition) is 2. The zero-order chi connectivity index (χ0) is 23.3. The molecule has 0 fully saturated rings. The third-order valence-corrected chi connectivity index (χ3v) is 6.61. The molecular weight excluding hydrogens is 490 g/mol. The summed E-state index contributed by atoms with van der Waals surface area (Å²) in [7, 11) is 0. The van der Waals surface area contributed by atoms with E-state index in [9.17, 15) is 9.90 Å². The highest BCUT2D eigenvalue weighted by atomic mass is 79.9. The average molecular weight is 517 g/mol. The molecule has 0 saturated heterocycles. The van der Waals surface area contributed by atoms with Crippen LogP contribution in [0.5, 0.6) is 5.75 Å². The Morgan fingerprint density at radius 3 is 2.47 bits per heavy atom. The summed E-state index contributed by atoms with van der Waals surface area (Å²) >= 11 is 10.2. The van der Waals surface area contributed by atoms with Gasteiger partial charge in [0.25, 0.3) is 0 Å². The summed E-state index contributed by atoms with van der Waals surface area (Å²) in [6.07, 6.45) is 0. The molecule has 1 atom stereocenters. The number of carbonyl (C=O) groups is 1. The van der Waals surface area contributed by atoms with Crippen LogP contribution in [0.25, 0.3) is 11.1 Å². The van der Waals surface area contributed by atoms with E-state index in [1.807, 2.05) is 63.2 Å². The van der Waals surface area contributed by atoms with Crippen molar-refractivity contribution in [3.63, 3.8) is 0 Å². The molecule has 3 aromatic carbocycles. The molecule has 0 aliphatic heterocycles. The summed E-state index contributed by atoms with van der Waals surface area (Å²) in [6.45, 7) is 6.52. The predicted molar refractivity (Wildman–Crippen MR) is 133 cm³/mol. The first kappa shape index (κ1) is 24.3. The second-order valence-electron chi connectivity index (χ2n) is 8.08. The number of aliphatic carboxylic acids is 1. The first-order valence-corrected chi connectivity index (χ1v) is 11.7. The molecule has 0 heterocycles. The summed E-state index contributed by atoms with van der Waals surface area (Å²) in [6, 6.07) is 19.4. The van der Waals surface area contributed by atoms with Crippen molar-refractivity contribution in [1.82, 2.24) is 5.32 Å². The van der Waals surface area contributed by atoms with Gasteiger partial charge < -0.3 is 15.2 Å². The molecule has 0 radical (unpaired) electrons. The summed E-state index contributed by atoms with van der Waals surface area (Å²) in [5, 5.41) is 13.0. The van der Waals surface area contributed by atoms with Crippen molar-refractivity contribution in [2.75, 3.05) is 0 Å². The lowest BCUT2D eigenvalue weighted by atomic mass is 10.0. The minimum atomic E-state index is -0.855. The first-order chi connectivity index (χ1) is 15.3. The van der Waals surface area contributed by atoms with Crippen molar-refractivity contribution >= 4 is 33.5 Å². The Bertz CT molecular complexity index is 1090. The summed E-state index contributed by atoms with van der Waals surface area (Å²) < 4.78 is 7.05. The third kappa shape index (κ3) is 5.91. The van der Waals surface area contributed by atoms with E-state index in [1.54, 1.807) is 0 Å². The predicted octanol–water partition coefficient (Wildman–Crippen LogP) is 6.86. The van der Waals surface area contributed by atoms with Crippen LogP contribution >= 0.6 is 27.5 Å². The minimum absolute atomic E-state index is 0.0176. The maximum atomic E-state index is 11.4. The first-order valence-electron chi connectivity index (χ1n) is 10.5. The molecule has 0 spiro atoms. The zero-order valence-electron chi connectivity index (χ0n) is 18.4. The van der Waals surface area contributed by atoms with Crippen LogP contribution in [-0.2, 0) is 17.9 Å². The fourth-order valence-electron chi connectivity index (χ4n) is 3.51. The normalized spacial score (nSPS) is 12.1. The van der Waals surface area contributed by atoms with E-state index in [2.05, 4.69) is 39.4 Å². The lowest BCUT2D eigenvalue weighted by Crippen LogP contribution is -2.40. The molecule has 0 aromatic heterocycles. The number of aryl methyl sites for hydroxylation is 1. The molecule has 3 aromatic rings. The van der Waals surface area contributed by atoms with Crippen LogP contribution in [0.1, 0.15) is 30.5 Å². The standard InChI is InChI=1S/C26H27BrClNO3/c1-16(2)25(26(30)31)29-14-20-13-22(28)23(12-17(20)3)32-15-19-10-7-11-21(24(19)27)18-8-5-4-6-9-18/h4-13,16,25,29H,14-15H2,1-3H3,(H,30,31). The van der Waals surface area contributed by atoms with Gasteiger partial charge in [0.2, 0.25) is 0 Å². The fraction of sp³-hybridized carbons (Fsp3) is 0.269. The van der Waals surface area contributed by atoms with Crippen LogP contribution in [0, 0.1) is 12.8 Å². The van der Waals surface area contributed by atoms with Crippen molar-refractivity contribution < 1.29 is 14.6 Å². The van der Waals surface area contributed by atoms with Crippen LogP contribution in [0.15, 0.2) is 65.1 Å². The summed E-state index contributed by atoms with van der Waals surface area (Å²) in [5.41, 5.74) is 5.19. The molecule has 32 heavy (non-hydrogen) atoms. The molecular formula is C26H27BrClNO3. The topological polar surface area (TPSA) is 58.6 Å². The Morgan fingerprint density at radius 2 is 1.81 bits per heavy atom. The summed E-state index contributed by atoms with van der Waals surface area (Å²) in [5.74, 6) is -0.272. The van der Waals surface area contributed by atoms with Crippen molar-refractivity contribution in [1.29, 1.82) is 0 Å². The van der Waals surface area contributed by atoms with Crippen LogP contribution in [0.2, 0.25) is 5.02 Å². The lowest BCUT2D eigenvalue weighted by molar-refractivity contribution is -0.140. The molecule has 0 aliphatic carbocycles. The number of rotatable bonds is 9. The van der Waals surface area contributed by atoms with Gasteiger partial charge >= 0.3 is 5.97 Å². The third-order valence-electron chi connectivity index (χ3n) is 5.38. The molecule has 0 amide bonds. The van der Waals surface area contributed by atoms with Gasteiger partial charge in [-0.3, -0.25) is 4.79 Å². The second kappa shape index (κ2) is 11.0. The second-order valence-corrected chi connectivity index (χ2v) is 9.28. The minimum Gasteiger partial charge on any atom is -0.487 e. The van der Waals surface area contributed by atoms with Gasteiger partial charge in [-0.2, -0.15) is 0 Å². The van der Waals surface area contributed by atoms with Crippen molar-refractivity contribution in [3.05, 3.63) is 86.8 Å². The van der Waals surface area contributed by atoms with Crippen LogP contribution < -0.4 is 10.1 Å². The Labute approximate surface area is 202 Å². The largest absolute Gasteiger partial charge is 0.487 e. The molecule has 1 unspecified atom stereocenters. The van der Waals surface area contributed by atoms with Gasteiger partial charge in [0.1, 0.15) is 18.4 Å². The van der Waals surface area contributed by atoms with E-state index in [0.29, 0.717) is 23.9 Å². The number of carboxylic acids is 1.